The van der Waals surface area contributed by atoms with Crippen molar-refractivity contribution in [2.75, 3.05) is 31.7 Å². The molecule has 1 saturated carbocycles. The number of ether oxygens (including phenoxy) is 2. The molecule has 1 aliphatic carbocycles. The molecule has 1 heterocycles. The van der Waals surface area contributed by atoms with Crippen LogP contribution in [0, 0.1) is 0 Å². The highest BCUT2D eigenvalue weighted by atomic mass is 35.5. The summed E-state index contributed by atoms with van der Waals surface area (Å²) in [5.74, 6) is 0.750. The van der Waals surface area contributed by atoms with Crippen molar-refractivity contribution in [1.29, 1.82) is 0 Å². The summed E-state index contributed by atoms with van der Waals surface area (Å²) in [6.45, 7) is 1.92. The highest BCUT2D eigenvalue weighted by Crippen LogP contribution is 2.49. The number of halogens is 1. The Hall–Kier alpha value is -1.50. The summed E-state index contributed by atoms with van der Waals surface area (Å²) in [5, 5.41) is 6.51. The van der Waals surface area contributed by atoms with E-state index in [1.165, 1.54) is 6.42 Å². The maximum Gasteiger partial charge on any atom is 0.319 e. The maximum absolute atomic E-state index is 12.1. The molecule has 0 bridgehead atoms. The van der Waals surface area contributed by atoms with Crippen molar-refractivity contribution in [2.45, 2.75) is 37.6 Å². The summed E-state index contributed by atoms with van der Waals surface area (Å²) in [5.41, 5.74) is 6.65. The molecule has 1 fully saturated rings. The molecule has 0 aromatic heterocycles. The Morgan fingerprint density at radius 2 is 1.96 bits per heavy atom. The number of nitrogens with two attached hydrogens (primary N) is 1. The second kappa shape index (κ2) is 7.59. The van der Waals surface area contributed by atoms with E-state index in [1.807, 2.05) is 6.07 Å². The maximum atomic E-state index is 12.1. The molecule has 6 nitrogen and oxygen atoms in total. The molecule has 1 aliphatic heterocycles. The average Bonchev–Trinajstić information content (AvgIpc) is 2.57. The standard InChI is InChI=1S/C17H24ClN3O3/c18-12-4-5-13(24-11-10-23-9-8-19)14-15(12)20-16(22)21-17(14)6-2-1-3-7-17/h4-5H,1-3,6-11,19H2,(H2,20,21,22). The van der Waals surface area contributed by atoms with Gasteiger partial charge in [0.05, 0.1) is 29.5 Å². The number of benzene rings is 1. The van der Waals surface area contributed by atoms with Crippen LogP contribution in [0.3, 0.4) is 0 Å². The van der Waals surface area contributed by atoms with Crippen LogP contribution in [0.5, 0.6) is 5.75 Å². The lowest BCUT2D eigenvalue weighted by Gasteiger charge is -2.43. The highest BCUT2D eigenvalue weighted by molar-refractivity contribution is 6.34. The summed E-state index contributed by atoms with van der Waals surface area (Å²) in [4.78, 5) is 12.1. The predicted molar refractivity (Wildman–Crippen MR) is 93.7 cm³/mol. The van der Waals surface area contributed by atoms with Crippen LogP contribution in [0.1, 0.15) is 37.7 Å². The molecule has 0 atom stereocenters. The van der Waals surface area contributed by atoms with Gasteiger partial charge in [0.25, 0.3) is 0 Å². The summed E-state index contributed by atoms with van der Waals surface area (Å²) in [6, 6.07) is 3.44. The number of hydrogen-bond acceptors (Lipinski definition) is 4. The van der Waals surface area contributed by atoms with Gasteiger partial charge in [-0.2, -0.15) is 0 Å². The predicted octanol–water partition coefficient (Wildman–Crippen LogP) is 2.99. The Labute approximate surface area is 147 Å². The number of rotatable bonds is 6. The lowest BCUT2D eigenvalue weighted by molar-refractivity contribution is 0.104. The first-order valence-corrected chi connectivity index (χ1v) is 8.87. The van der Waals surface area contributed by atoms with Gasteiger partial charge in [0, 0.05) is 12.1 Å². The van der Waals surface area contributed by atoms with E-state index in [2.05, 4.69) is 10.6 Å². The SMILES string of the molecule is NCCOCCOc1ccc(Cl)c2c1C1(CCCCC1)NC(=O)N2. The third kappa shape index (κ3) is 3.45. The lowest BCUT2D eigenvalue weighted by atomic mass is 9.74. The van der Waals surface area contributed by atoms with E-state index in [9.17, 15) is 4.79 Å². The number of anilines is 1. The van der Waals surface area contributed by atoms with Crippen LogP contribution in [0.2, 0.25) is 5.02 Å². The Bertz CT molecular complexity index is 603. The Morgan fingerprint density at radius 1 is 1.17 bits per heavy atom. The smallest absolute Gasteiger partial charge is 0.319 e. The van der Waals surface area contributed by atoms with Crippen LogP contribution in [-0.4, -0.2) is 32.4 Å². The number of urea groups is 1. The lowest BCUT2D eigenvalue weighted by Crippen LogP contribution is -2.52. The van der Waals surface area contributed by atoms with Gasteiger partial charge in [0.2, 0.25) is 0 Å². The van der Waals surface area contributed by atoms with E-state index in [0.29, 0.717) is 37.1 Å². The van der Waals surface area contributed by atoms with Crippen molar-refractivity contribution in [2.24, 2.45) is 5.73 Å². The largest absolute Gasteiger partial charge is 0.491 e. The molecule has 1 aromatic rings. The average molecular weight is 354 g/mol. The van der Waals surface area contributed by atoms with Crippen molar-refractivity contribution >= 4 is 23.3 Å². The molecule has 24 heavy (non-hydrogen) atoms. The van der Waals surface area contributed by atoms with Gasteiger partial charge in [-0.05, 0) is 25.0 Å². The van der Waals surface area contributed by atoms with Gasteiger partial charge in [-0.1, -0.05) is 30.9 Å². The Morgan fingerprint density at radius 3 is 2.71 bits per heavy atom. The van der Waals surface area contributed by atoms with Gasteiger partial charge in [-0.25, -0.2) is 4.79 Å². The molecule has 1 aromatic carbocycles. The van der Waals surface area contributed by atoms with Gasteiger partial charge < -0.3 is 25.8 Å². The molecule has 0 saturated heterocycles. The summed E-state index contributed by atoms with van der Waals surface area (Å²) >= 11 is 6.35. The van der Waals surface area contributed by atoms with Gasteiger partial charge >= 0.3 is 6.03 Å². The van der Waals surface area contributed by atoms with E-state index in [0.717, 1.165) is 37.0 Å². The van der Waals surface area contributed by atoms with E-state index in [-0.39, 0.29) is 6.03 Å². The molecule has 0 unspecified atom stereocenters. The third-order valence-electron chi connectivity index (χ3n) is 4.64. The first-order chi connectivity index (χ1) is 11.7. The molecular formula is C17H24ClN3O3. The Kier molecular flexibility index (Phi) is 5.48. The van der Waals surface area contributed by atoms with Gasteiger partial charge in [0.1, 0.15) is 12.4 Å². The Balaban J connectivity index is 1.88. The van der Waals surface area contributed by atoms with Crippen LogP contribution in [0.4, 0.5) is 10.5 Å². The zero-order valence-corrected chi connectivity index (χ0v) is 14.5. The molecule has 1 spiro atoms. The minimum Gasteiger partial charge on any atom is -0.491 e. The first-order valence-electron chi connectivity index (χ1n) is 8.49. The normalized spacial score (nSPS) is 18.7. The van der Waals surface area contributed by atoms with Gasteiger partial charge in [-0.15, -0.1) is 0 Å². The molecule has 0 radical (unpaired) electrons. The fraction of sp³-hybridized carbons (Fsp3) is 0.588. The topological polar surface area (TPSA) is 85.6 Å². The molecule has 3 rings (SSSR count). The number of nitrogens with one attached hydrogen (secondary N) is 2. The van der Waals surface area contributed by atoms with E-state index < -0.39 is 5.54 Å². The molecule has 4 N–H and O–H groups in total. The monoisotopic (exact) mass is 353 g/mol. The fourth-order valence-corrected chi connectivity index (χ4v) is 3.83. The number of fused-ring (bicyclic) bond motifs is 2. The number of carbonyl (C=O) groups is 1. The van der Waals surface area contributed by atoms with Crippen molar-refractivity contribution in [3.8, 4) is 5.75 Å². The number of hydrogen-bond donors (Lipinski definition) is 3. The number of carbonyl (C=O) groups excluding carboxylic acids is 1. The van der Waals surface area contributed by atoms with Crippen LogP contribution in [-0.2, 0) is 10.3 Å². The summed E-state index contributed by atoms with van der Waals surface area (Å²) < 4.78 is 11.3. The van der Waals surface area contributed by atoms with Crippen LogP contribution in [0.15, 0.2) is 12.1 Å². The zero-order valence-electron chi connectivity index (χ0n) is 13.7. The van der Waals surface area contributed by atoms with Gasteiger partial charge in [-0.3, -0.25) is 0 Å². The summed E-state index contributed by atoms with van der Waals surface area (Å²) in [7, 11) is 0. The molecule has 7 heteroatoms. The highest BCUT2D eigenvalue weighted by Gasteiger charge is 2.43. The molecule has 132 valence electrons. The quantitative estimate of drug-likeness (QED) is 0.686. The minimum atomic E-state index is -0.395. The number of amides is 2. The second-order valence-corrected chi connectivity index (χ2v) is 6.67. The van der Waals surface area contributed by atoms with Crippen LogP contribution in [0.25, 0.3) is 0 Å². The van der Waals surface area contributed by atoms with Crippen molar-refractivity contribution in [1.82, 2.24) is 5.32 Å². The third-order valence-corrected chi connectivity index (χ3v) is 4.96. The van der Waals surface area contributed by atoms with E-state index in [1.54, 1.807) is 6.07 Å². The van der Waals surface area contributed by atoms with E-state index in [4.69, 9.17) is 26.8 Å². The van der Waals surface area contributed by atoms with Crippen LogP contribution >= 0.6 is 11.6 Å². The van der Waals surface area contributed by atoms with Gasteiger partial charge in [0.15, 0.2) is 0 Å². The fourth-order valence-electron chi connectivity index (χ4n) is 3.63. The summed E-state index contributed by atoms with van der Waals surface area (Å²) in [6.07, 6.45) is 5.13. The van der Waals surface area contributed by atoms with Crippen LogP contribution < -0.4 is 21.1 Å². The van der Waals surface area contributed by atoms with Crippen molar-refractivity contribution < 1.29 is 14.3 Å². The zero-order chi connectivity index (χ0) is 17.0. The second-order valence-electron chi connectivity index (χ2n) is 6.27. The molecule has 2 aliphatic rings. The first kappa shape index (κ1) is 17.3. The molecule has 2 amide bonds. The molecular weight excluding hydrogens is 330 g/mol. The van der Waals surface area contributed by atoms with E-state index >= 15 is 0 Å². The minimum absolute atomic E-state index is 0.199. The van der Waals surface area contributed by atoms with Crippen molar-refractivity contribution in [3.63, 3.8) is 0 Å². The van der Waals surface area contributed by atoms with Crippen molar-refractivity contribution in [3.05, 3.63) is 22.7 Å².